The summed E-state index contributed by atoms with van der Waals surface area (Å²) in [5.41, 5.74) is 0. The average Bonchev–Trinajstić information content (AvgIpc) is 1.96. The molecule has 0 fully saturated rings. The number of hydrogen-bond donors (Lipinski definition) is 1. The van der Waals surface area contributed by atoms with Gasteiger partial charge in [0.25, 0.3) is 0 Å². The van der Waals surface area contributed by atoms with Crippen molar-refractivity contribution >= 4 is 5.97 Å². The molecule has 0 atom stereocenters. The minimum absolute atomic E-state index is 0.126. The van der Waals surface area contributed by atoms with Crippen molar-refractivity contribution in [3.05, 3.63) is 24.0 Å². The summed E-state index contributed by atoms with van der Waals surface area (Å²) >= 11 is 0. The van der Waals surface area contributed by atoms with Crippen LogP contribution in [0.15, 0.2) is 18.2 Å². The van der Waals surface area contributed by atoms with Gasteiger partial charge in [0.2, 0.25) is 0 Å². The highest BCUT2D eigenvalue weighted by Gasteiger charge is 2.03. The van der Waals surface area contributed by atoms with Crippen LogP contribution >= 0.6 is 0 Å². The predicted molar refractivity (Wildman–Crippen MR) is 39.4 cm³/mol. The summed E-state index contributed by atoms with van der Waals surface area (Å²) in [6.07, 6.45) is 0. The van der Waals surface area contributed by atoms with Gasteiger partial charge in [-0.25, -0.2) is 4.39 Å². The van der Waals surface area contributed by atoms with Crippen LogP contribution in [0.5, 0.6) is 11.5 Å². The monoisotopic (exact) mass is 170 g/mol. The average molecular weight is 170 g/mol. The summed E-state index contributed by atoms with van der Waals surface area (Å²) in [4.78, 5) is 10.4. The van der Waals surface area contributed by atoms with Crippen LogP contribution in [0.2, 0.25) is 0 Å². The van der Waals surface area contributed by atoms with Gasteiger partial charge in [-0.2, -0.15) is 0 Å². The molecule has 1 N–H and O–H groups in total. The Kier molecular flexibility index (Phi) is 2.28. The Morgan fingerprint density at radius 3 is 2.75 bits per heavy atom. The van der Waals surface area contributed by atoms with Gasteiger partial charge in [-0.3, -0.25) is 4.79 Å². The second kappa shape index (κ2) is 3.21. The molecule has 0 radical (unpaired) electrons. The number of aromatic hydroxyl groups is 1. The first-order chi connectivity index (χ1) is 5.59. The van der Waals surface area contributed by atoms with E-state index in [4.69, 9.17) is 5.11 Å². The molecule has 0 spiro atoms. The van der Waals surface area contributed by atoms with E-state index in [0.29, 0.717) is 0 Å². The maximum absolute atomic E-state index is 12.4. The highest BCUT2D eigenvalue weighted by molar-refractivity contribution is 5.69. The predicted octanol–water partition coefficient (Wildman–Crippen LogP) is 1.46. The standard InChI is InChI=1S/C8H7FO3/c1-5(10)12-6-2-3-7(9)8(11)4-6/h2-4,11H,1H3. The molecule has 0 aliphatic carbocycles. The Morgan fingerprint density at radius 1 is 1.58 bits per heavy atom. The fraction of sp³-hybridized carbons (Fsp3) is 0.125. The van der Waals surface area contributed by atoms with E-state index in [1.54, 1.807) is 0 Å². The minimum Gasteiger partial charge on any atom is -0.505 e. The number of ether oxygens (including phenoxy) is 1. The molecule has 0 saturated carbocycles. The molecule has 0 aromatic heterocycles. The number of rotatable bonds is 1. The maximum Gasteiger partial charge on any atom is 0.308 e. The summed E-state index contributed by atoms with van der Waals surface area (Å²) in [5.74, 6) is -1.66. The first kappa shape index (κ1) is 8.52. The summed E-state index contributed by atoms with van der Waals surface area (Å²) in [7, 11) is 0. The van der Waals surface area contributed by atoms with Crippen molar-refractivity contribution in [2.45, 2.75) is 6.92 Å². The summed E-state index contributed by atoms with van der Waals surface area (Å²) in [6, 6.07) is 3.32. The maximum atomic E-state index is 12.4. The van der Waals surface area contributed by atoms with Crippen molar-refractivity contribution < 1.29 is 19.0 Å². The number of halogens is 1. The third-order valence-corrected chi connectivity index (χ3v) is 1.18. The van der Waals surface area contributed by atoms with Gasteiger partial charge in [0.15, 0.2) is 11.6 Å². The zero-order valence-electron chi connectivity index (χ0n) is 6.37. The lowest BCUT2D eigenvalue weighted by atomic mass is 10.3. The molecule has 0 bridgehead atoms. The van der Waals surface area contributed by atoms with Crippen molar-refractivity contribution in [1.82, 2.24) is 0 Å². The highest BCUT2D eigenvalue weighted by atomic mass is 19.1. The molecule has 64 valence electrons. The van der Waals surface area contributed by atoms with Crippen molar-refractivity contribution in [3.63, 3.8) is 0 Å². The molecule has 0 amide bonds. The molecular formula is C8H7FO3. The summed E-state index contributed by atoms with van der Waals surface area (Å²) in [6.45, 7) is 1.22. The lowest BCUT2D eigenvalue weighted by Gasteiger charge is -2.01. The van der Waals surface area contributed by atoms with Crippen LogP contribution in [0.4, 0.5) is 4.39 Å². The molecule has 0 unspecified atom stereocenters. The van der Waals surface area contributed by atoms with Gasteiger partial charge < -0.3 is 9.84 Å². The lowest BCUT2D eigenvalue weighted by Crippen LogP contribution is -2.00. The Bertz CT molecular complexity index is 309. The normalized spacial score (nSPS) is 9.50. The van der Waals surface area contributed by atoms with E-state index >= 15 is 0 Å². The largest absolute Gasteiger partial charge is 0.505 e. The summed E-state index contributed by atoms with van der Waals surface area (Å²) < 4.78 is 17.0. The molecule has 0 aliphatic heterocycles. The minimum atomic E-state index is -0.745. The summed E-state index contributed by atoms with van der Waals surface area (Å²) in [5, 5.41) is 8.85. The van der Waals surface area contributed by atoms with Gasteiger partial charge in [-0.1, -0.05) is 0 Å². The Morgan fingerprint density at radius 2 is 2.25 bits per heavy atom. The van der Waals surface area contributed by atoms with Crippen molar-refractivity contribution in [2.24, 2.45) is 0 Å². The third-order valence-electron chi connectivity index (χ3n) is 1.18. The molecule has 1 aromatic rings. The van der Waals surface area contributed by atoms with Crippen LogP contribution in [0.25, 0.3) is 0 Å². The van der Waals surface area contributed by atoms with Gasteiger partial charge in [0.1, 0.15) is 5.75 Å². The van der Waals surface area contributed by atoms with Crippen LogP contribution in [0.1, 0.15) is 6.92 Å². The van der Waals surface area contributed by atoms with Crippen LogP contribution in [-0.2, 0) is 4.79 Å². The second-order valence-corrected chi connectivity index (χ2v) is 2.21. The van der Waals surface area contributed by atoms with E-state index in [1.807, 2.05) is 0 Å². The van der Waals surface area contributed by atoms with Gasteiger partial charge in [-0.15, -0.1) is 0 Å². The van der Waals surface area contributed by atoms with Crippen molar-refractivity contribution in [2.75, 3.05) is 0 Å². The topological polar surface area (TPSA) is 46.5 Å². The highest BCUT2D eigenvalue weighted by Crippen LogP contribution is 2.21. The van der Waals surface area contributed by atoms with Gasteiger partial charge in [0, 0.05) is 13.0 Å². The van der Waals surface area contributed by atoms with Gasteiger partial charge in [-0.05, 0) is 12.1 Å². The van der Waals surface area contributed by atoms with Crippen LogP contribution in [0.3, 0.4) is 0 Å². The SMILES string of the molecule is CC(=O)Oc1ccc(F)c(O)c1. The molecule has 0 aliphatic rings. The molecule has 0 saturated heterocycles. The third kappa shape index (κ3) is 1.95. The lowest BCUT2D eigenvalue weighted by molar-refractivity contribution is -0.131. The van der Waals surface area contributed by atoms with E-state index < -0.39 is 17.5 Å². The van der Waals surface area contributed by atoms with Gasteiger partial charge in [0.05, 0.1) is 0 Å². The van der Waals surface area contributed by atoms with E-state index in [0.717, 1.165) is 12.1 Å². The molecule has 12 heavy (non-hydrogen) atoms. The number of phenolic OH excluding ortho intramolecular Hbond substituents is 1. The van der Waals surface area contributed by atoms with Crippen molar-refractivity contribution in [3.8, 4) is 11.5 Å². The van der Waals surface area contributed by atoms with Crippen LogP contribution in [0, 0.1) is 5.82 Å². The molecule has 3 nitrogen and oxygen atoms in total. The number of phenols is 1. The Hall–Kier alpha value is -1.58. The number of esters is 1. The fourth-order valence-electron chi connectivity index (χ4n) is 0.722. The van der Waals surface area contributed by atoms with E-state index in [-0.39, 0.29) is 5.75 Å². The van der Waals surface area contributed by atoms with Crippen molar-refractivity contribution in [1.29, 1.82) is 0 Å². The molecule has 1 rings (SSSR count). The van der Waals surface area contributed by atoms with E-state index in [9.17, 15) is 9.18 Å². The Labute approximate surface area is 68.4 Å². The number of carbonyl (C=O) groups is 1. The fourth-order valence-corrected chi connectivity index (χ4v) is 0.722. The quantitative estimate of drug-likeness (QED) is 0.512. The smallest absolute Gasteiger partial charge is 0.308 e. The number of hydrogen-bond acceptors (Lipinski definition) is 3. The number of carbonyl (C=O) groups excluding carboxylic acids is 1. The van der Waals surface area contributed by atoms with E-state index in [1.165, 1.54) is 13.0 Å². The van der Waals surface area contributed by atoms with Gasteiger partial charge >= 0.3 is 5.97 Å². The zero-order valence-corrected chi connectivity index (χ0v) is 6.37. The molecule has 0 heterocycles. The zero-order chi connectivity index (χ0) is 9.14. The molecule has 4 heteroatoms. The molecular weight excluding hydrogens is 163 g/mol. The molecule has 1 aromatic carbocycles. The van der Waals surface area contributed by atoms with E-state index in [2.05, 4.69) is 4.74 Å². The number of benzene rings is 1. The second-order valence-electron chi connectivity index (χ2n) is 2.21. The Balaban J connectivity index is 2.89. The first-order valence-corrected chi connectivity index (χ1v) is 3.26. The van der Waals surface area contributed by atoms with Crippen LogP contribution < -0.4 is 4.74 Å². The first-order valence-electron chi connectivity index (χ1n) is 3.26. The van der Waals surface area contributed by atoms with Crippen LogP contribution in [-0.4, -0.2) is 11.1 Å².